The van der Waals surface area contributed by atoms with E-state index in [4.69, 9.17) is 4.74 Å². The van der Waals surface area contributed by atoms with Gasteiger partial charge >= 0.3 is 6.18 Å². The van der Waals surface area contributed by atoms with Crippen molar-refractivity contribution in [3.63, 3.8) is 0 Å². The summed E-state index contributed by atoms with van der Waals surface area (Å²) in [5.41, 5.74) is 2.45. The van der Waals surface area contributed by atoms with Gasteiger partial charge in [-0.05, 0) is 36.3 Å². The zero-order valence-corrected chi connectivity index (χ0v) is 13.9. The summed E-state index contributed by atoms with van der Waals surface area (Å²) in [6, 6.07) is 15.3. The first-order valence-corrected chi connectivity index (χ1v) is 8.15. The van der Waals surface area contributed by atoms with Crippen molar-refractivity contribution < 1.29 is 17.9 Å². The zero-order valence-electron chi connectivity index (χ0n) is 13.9. The summed E-state index contributed by atoms with van der Waals surface area (Å²) in [5, 5.41) is 0. The van der Waals surface area contributed by atoms with Gasteiger partial charge in [-0.25, -0.2) is 0 Å². The molecule has 0 amide bonds. The fraction of sp³-hybridized carbons (Fsp3) is 0.238. The van der Waals surface area contributed by atoms with Gasteiger partial charge in [0.2, 0.25) is 0 Å². The Morgan fingerprint density at radius 2 is 1.64 bits per heavy atom. The zero-order chi connectivity index (χ0) is 17.9. The molecule has 0 spiro atoms. The van der Waals surface area contributed by atoms with E-state index in [1.807, 2.05) is 49.4 Å². The summed E-state index contributed by atoms with van der Waals surface area (Å²) in [6.07, 6.45) is 0.269. The molecule has 25 heavy (non-hydrogen) atoms. The lowest BCUT2D eigenvalue weighted by Crippen LogP contribution is -2.09. The monoisotopic (exact) mass is 344 g/mol. The molecule has 0 aromatic heterocycles. The Labute approximate surface area is 145 Å². The van der Waals surface area contributed by atoms with Gasteiger partial charge in [0, 0.05) is 12.3 Å². The number of hydrogen-bond donors (Lipinski definition) is 0. The average Bonchev–Trinajstić information content (AvgIpc) is 2.61. The molecule has 0 saturated heterocycles. The SMILES string of the molecule is CC1=CC=C(OCc2ccccc2)CC1c1ccc(C(F)(F)F)cc1. The highest BCUT2D eigenvalue weighted by Gasteiger charge is 2.30. The molecule has 1 unspecified atom stereocenters. The minimum Gasteiger partial charge on any atom is -0.493 e. The molecule has 0 heterocycles. The van der Waals surface area contributed by atoms with E-state index in [1.165, 1.54) is 0 Å². The molecule has 4 heteroatoms. The fourth-order valence-corrected chi connectivity index (χ4v) is 2.91. The Morgan fingerprint density at radius 1 is 0.960 bits per heavy atom. The van der Waals surface area contributed by atoms with Crippen molar-refractivity contribution >= 4 is 0 Å². The van der Waals surface area contributed by atoms with Crippen molar-refractivity contribution in [2.75, 3.05) is 0 Å². The predicted molar refractivity (Wildman–Crippen MR) is 91.9 cm³/mol. The van der Waals surface area contributed by atoms with Crippen molar-refractivity contribution in [3.8, 4) is 0 Å². The second-order valence-electron chi connectivity index (χ2n) is 6.19. The van der Waals surface area contributed by atoms with Crippen molar-refractivity contribution in [3.05, 3.63) is 94.8 Å². The van der Waals surface area contributed by atoms with Crippen LogP contribution in [0.15, 0.2) is 78.1 Å². The largest absolute Gasteiger partial charge is 0.493 e. The van der Waals surface area contributed by atoms with E-state index in [9.17, 15) is 13.2 Å². The smallest absolute Gasteiger partial charge is 0.416 e. The van der Waals surface area contributed by atoms with E-state index in [2.05, 4.69) is 0 Å². The molecule has 2 aromatic carbocycles. The third kappa shape index (κ3) is 4.32. The van der Waals surface area contributed by atoms with Gasteiger partial charge in [0.15, 0.2) is 0 Å². The van der Waals surface area contributed by atoms with Crippen LogP contribution in [0, 0.1) is 0 Å². The second kappa shape index (κ2) is 7.18. The number of rotatable bonds is 4. The van der Waals surface area contributed by atoms with Gasteiger partial charge in [0.25, 0.3) is 0 Å². The molecule has 0 aliphatic heterocycles. The van der Waals surface area contributed by atoms with Crippen molar-refractivity contribution in [2.45, 2.75) is 32.0 Å². The molecule has 0 saturated carbocycles. The molecule has 130 valence electrons. The fourth-order valence-electron chi connectivity index (χ4n) is 2.91. The summed E-state index contributed by atoms with van der Waals surface area (Å²) >= 11 is 0. The Hall–Kier alpha value is -2.49. The van der Waals surface area contributed by atoms with Gasteiger partial charge < -0.3 is 4.74 Å². The lowest BCUT2D eigenvalue weighted by Gasteiger charge is -2.24. The molecule has 1 nitrogen and oxygen atoms in total. The first-order chi connectivity index (χ1) is 11.9. The summed E-state index contributed by atoms with van der Waals surface area (Å²) in [7, 11) is 0. The molecular weight excluding hydrogens is 325 g/mol. The summed E-state index contributed by atoms with van der Waals surface area (Å²) < 4.78 is 44.0. The molecule has 0 N–H and O–H groups in total. The van der Waals surface area contributed by atoms with Gasteiger partial charge in [-0.2, -0.15) is 13.2 Å². The van der Waals surface area contributed by atoms with E-state index < -0.39 is 11.7 Å². The Morgan fingerprint density at radius 3 is 2.28 bits per heavy atom. The highest BCUT2D eigenvalue weighted by molar-refractivity contribution is 5.37. The van der Waals surface area contributed by atoms with Gasteiger partial charge in [0.05, 0.1) is 11.3 Å². The third-order valence-electron chi connectivity index (χ3n) is 4.39. The van der Waals surface area contributed by atoms with Gasteiger partial charge in [0.1, 0.15) is 6.61 Å². The lowest BCUT2D eigenvalue weighted by atomic mass is 9.85. The quantitative estimate of drug-likeness (QED) is 0.638. The van der Waals surface area contributed by atoms with Crippen LogP contribution in [0.3, 0.4) is 0 Å². The summed E-state index contributed by atoms with van der Waals surface area (Å²) in [4.78, 5) is 0. The van der Waals surface area contributed by atoms with Crippen LogP contribution in [-0.2, 0) is 17.5 Å². The molecule has 0 bridgehead atoms. The van der Waals surface area contributed by atoms with Crippen LogP contribution >= 0.6 is 0 Å². The number of halogens is 3. The number of alkyl halides is 3. The number of benzene rings is 2. The van der Waals surface area contributed by atoms with Crippen molar-refractivity contribution in [1.29, 1.82) is 0 Å². The van der Waals surface area contributed by atoms with E-state index in [0.717, 1.165) is 34.6 Å². The second-order valence-corrected chi connectivity index (χ2v) is 6.19. The van der Waals surface area contributed by atoms with Crippen LogP contribution in [0.4, 0.5) is 13.2 Å². The van der Waals surface area contributed by atoms with Crippen LogP contribution in [0.25, 0.3) is 0 Å². The molecule has 3 rings (SSSR count). The molecular formula is C21H19F3O. The van der Waals surface area contributed by atoms with Crippen LogP contribution in [-0.4, -0.2) is 0 Å². The van der Waals surface area contributed by atoms with E-state index in [-0.39, 0.29) is 5.92 Å². The topological polar surface area (TPSA) is 9.23 Å². The van der Waals surface area contributed by atoms with Crippen LogP contribution in [0.2, 0.25) is 0 Å². The lowest BCUT2D eigenvalue weighted by molar-refractivity contribution is -0.137. The van der Waals surface area contributed by atoms with Gasteiger partial charge in [-0.1, -0.05) is 54.1 Å². The molecule has 1 aliphatic rings. The molecule has 1 atom stereocenters. The van der Waals surface area contributed by atoms with Gasteiger partial charge in [-0.15, -0.1) is 0 Å². The average molecular weight is 344 g/mol. The normalized spacial score (nSPS) is 17.7. The highest BCUT2D eigenvalue weighted by atomic mass is 19.4. The molecule has 0 fully saturated rings. The predicted octanol–water partition coefficient (Wildman–Crippen LogP) is 6.24. The Balaban J connectivity index is 1.69. The maximum absolute atomic E-state index is 12.7. The van der Waals surface area contributed by atoms with Crippen molar-refractivity contribution in [1.82, 2.24) is 0 Å². The van der Waals surface area contributed by atoms with Gasteiger partial charge in [-0.3, -0.25) is 0 Å². The molecule has 0 radical (unpaired) electrons. The highest BCUT2D eigenvalue weighted by Crippen LogP contribution is 2.36. The van der Waals surface area contributed by atoms with E-state index in [0.29, 0.717) is 13.0 Å². The minimum absolute atomic E-state index is 0.0399. The van der Waals surface area contributed by atoms with Crippen LogP contribution in [0.1, 0.15) is 36.0 Å². The number of hydrogen-bond acceptors (Lipinski definition) is 1. The summed E-state index contributed by atoms with van der Waals surface area (Å²) in [5.74, 6) is 0.886. The number of allylic oxidation sites excluding steroid dienone is 4. The maximum Gasteiger partial charge on any atom is 0.416 e. The van der Waals surface area contributed by atoms with Crippen LogP contribution in [0.5, 0.6) is 0 Å². The van der Waals surface area contributed by atoms with Crippen LogP contribution < -0.4 is 0 Å². The van der Waals surface area contributed by atoms with E-state index >= 15 is 0 Å². The standard InChI is InChI=1S/C21H19F3O/c1-15-7-12-19(25-14-16-5-3-2-4-6-16)13-20(15)17-8-10-18(11-9-17)21(22,23)24/h2-12,20H,13-14H2,1H3. The Bertz CT molecular complexity index is 771. The molecule has 2 aromatic rings. The summed E-state index contributed by atoms with van der Waals surface area (Å²) in [6.45, 7) is 2.48. The first-order valence-electron chi connectivity index (χ1n) is 8.15. The first kappa shape index (κ1) is 17.3. The molecule has 1 aliphatic carbocycles. The van der Waals surface area contributed by atoms with E-state index in [1.54, 1.807) is 12.1 Å². The number of ether oxygens (including phenoxy) is 1. The van der Waals surface area contributed by atoms with Crippen molar-refractivity contribution in [2.24, 2.45) is 0 Å². The maximum atomic E-state index is 12.7. The minimum atomic E-state index is -4.31. The Kier molecular flexibility index (Phi) is 4.98. The third-order valence-corrected chi connectivity index (χ3v) is 4.39.